The minimum atomic E-state index is 0.354. The average molecular weight is 223 g/mol. The first-order valence-electron chi connectivity index (χ1n) is 6.11. The van der Waals surface area contributed by atoms with Crippen LogP contribution in [0.3, 0.4) is 0 Å². The van der Waals surface area contributed by atoms with Crippen LogP contribution in [0.1, 0.15) is 26.7 Å². The van der Waals surface area contributed by atoms with E-state index in [1.807, 2.05) is 23.1 Å². The van der Waals surface area contributed by atoms with E-state index < -0.39 is 0 Å². The van der Waals surface area contributed by atoms with E-state index in [9.17, 15) is 0 Å². The zero-order valence-electron chi connectivity index (χ0n) is 10.1. The van der Waals surface area contributed by atoms with Crippen LogP contribution >= 0.6 is 0 Å². The number of aryl methyl sites for hydroxylation is 1. The molecule has 4 nitrogen and oxygen atoms in total. The molecular formula is C12H21N3O. The highest BCUT2D eigenvalue weighted by Crippen LogP contribution is 2.13. The molecule has 90 valence electrons. The van der Waals surface area contributed by atoms with Gasteiger partial charge in [0.15, 0.2) is 0 Å². The number of nitrogens with zero attached hydrogens (tertiary/aromatic N) is 2. The zero-order chi connectivity index (χ0) is 11.4. The van der Waals surface area contributed by atoms with E-state index in [2.05, 4.69) is 24.3 Å². The van der Waals surface area contributed by atoms with Gasteiger partial charge in [-0.3, -0.25) is 4.68 Å². The van der Waals surface area contributed by atoms with E-state index in [0.717, 1.165) is 26.0 Å². The first-order valence-corrected chi connectivity index (χ1v) is 6.11. The topological polar surface area (TPSA) is 39.1 Å². The Hall–Kier alpha value is -0.870. The molecule has 1 saturated heterocycles. The molecule has 16 heavy (non-hydrogen) atoms. The largest absolute Gasteiger partial charge is 0.377 e. The minimum Gasteiger partial charge on any atom is -0.377 e. The van der Waals surface area contributed by atoms with Gasteiger partial charge in [-0.15, -0.1) is 0 Å². The van der Waals surface area contributed by atoms with Crippen molar-refractivity contribution in [3.05, 3.63) is 18.5 Å². The van der Waals surface area contributed by atoms with Gasteiger partial charge in [0.2, 0.25) is 0 Å². The normalized spacial score (nSPS) is 27.1. The maximum Gasteiger partial charge on any atom is 0.0700 e. The van der Waals surface area contributed by atoms with E-state index in [1.165, 1.54) is 0 Å². The Morgan fingerprint density at radius 3 is 3.12 bits per heavy atom. The summed E-state index contributed by atoms with van der Waals surface area (Å²) in [6.45, 7) is 6.24. The third kappa shape index (κ3) is 3.06. The molecule has 0 radical (unpaired) electrons. The molecule has 1 N–H and O–H groups in total. The first-order chi connectivity index (χ1) is 7.75. The predicted octanol–water partition coefficient (Wildman–Crippen LogP) is 1.43. The van der Waals surface area contributed by atoms with Crippen molar-refractivity contribution >= 4 is 0 Å². The lowest BCUT2D eigenvalue weighted by Crippen LogP contribution is -2.41. The van der Waals surface area contributed by atoms with Crippen molar-refractivity contribution in [1.82, 2.24) is 15.1 Å². The van der Waals surface area contributed by atoms with Crippen LogP contribution in [0, 0.1) is 0 Å². The molecule has 1 fully saturated rings. The van der Waals surface area contributed by atoms with Crippen LogP contribution in [-0.4, -0.2) is 34.6 Å². The predicted molar refractivity (Wildman–Crippen MR) is 63.3 cm³/mol. The summed E-state index contributed by atoms with van der Waals surface area (Å²) in [5.41, 5.74) is 0. The Morgan fingerprint density at radius 2 is 2.50 bits per heavy atom. The Kier molecular flexibility index (Phi) is 3.96. The summed E-state index contributed by atoms with van der Waals surface area (Å²) >= 11 is 0. The lowest BCUT2D eigenvalue weighted by atomic mass is 10.1. The molecule has 2 heterocycles. The van der Waals surface area contributed by atoms with Crippen molar-refractivity contribution in [2.24, 2.45) is 0 Å². The Balaban J connectivity index is 1.70. The fourth-order valence-corrected chi connectivity index (χ4v) is 2.16. The lowest BCUT2D eigenvalue weighted by molar-refractivity contribution is 0.111. The highest BCUT2D eigenvalue weighted by atomic mass is 16.5. The van der Waals surface area contributed by atoms with Crippen molar-refractivity contribution in [3.63, 3.8) is 0 Å². The van der Waals surface area contributed by atoms with E-state index >= 15 is 0 Å². The molecule has 0 unspecified atom stereocenters. The molecule has 0 saturated carbocycles. The van der Waals surface area contributed by atoms with Gasteiger partial charge in [-0.25, -0.2) is 0 Å². The van der Waals surface area contributed by atoms with Crippen LogP contribution in [0.2, 0.25) is 0 Å². The minimum absolute atomic E-state index is 0.354. The first kappa shape index (κ1) is 11.6. The fraction of sp³-hybridized carbons (Fsp3) is 0.750. The van der Waals surface area contributed by atoms with E-state index in [1.54, 1.807) is 0 Å². The number of ether oxygens (including phenoxy) is 1. The summed E-state index contributed by atoms with van der Waals surface area (Å²) in [6, 6.07) is 3.00. The summed E-state index contributed by atoms with van der Waals surface area (Å²) in [7, 11) is 0. The van der Waals surface area contributed by atoms with E-state index in [-0.39, 0.29) is 0 Å². The van der Waals surface area contributed by atoms with Crippen LogP contribution in [0.15, 0.2) is 18.5 Å². The maximum absolute atomic E-state index is 5.54. The van der Waals surface area contributed by atoms with Gasteiger partial charge in [0, 0.05) is 37.6 Å². The van der Waals surface area contributed by atoms with Crippen LogP contribution in [0.25, 0.3) is 0 Å². The Morgan fingerprint density at radius 1 is 1.62 bits per heavy atom. The monoisotopic (exact) mass is 223 g/mol. The summed E-state index contributed by atoms with van der Waals surface area (Å²) in [5.74, 6) is 0. The number of aromatic nitrogens is 2. The molecule has 0 aliphatic carbocycles. The zero-order valence-corrected chi connectivity index (χ0v) is 10.1. The molecule has 0 bridgehead atoms. The van der Waals surface area contributed by atoms with E-state index in [0.29, 0.717) is 18.2 Å². The summed E-state index contributed by atoms with van der Waals surface area (Å²) in [6.07, 6.45) is 6.42. The molecule has 1 aliphatic heterocycles. The van der Waals surface area contributed by atoms with Gasteiger partial charge < -0.3 is 10.1 Å². The molecule has 0 spiro atoms. The molecule has 1 aliphatic rings. The highest BCUT2D eigenvalue weighted by Gasteiger charge is 2.24. The summed E-state index contributed by atoms with van der Waals surface area (Å²) < 4.78 is 7.52. The number of hydrogen-bond acceptors (Lipinski definition) is 3. The van der Waals surface area contributed by atoms with Crippen LogP contribution < -0.4 is 5.32 Å². The van der Waals surface area contributed by atoms with Gasteiger partial charge in [-0.05, 0) is 32.8 Å². The lowest BCUT2D eigenvalue weighted by Gasteiger charge is -2.21. The van der Waals surface area contributed by atoms with Crippen LogP contribution in [0.4, 0.5) is 0 Å². The van der Waals surface area contributed by atoms with Gasteiger partial charge >= 0.3 is 0 Å². The molecule has 3 atom stereocenters. The average Bonchev–Trinajstić information content (AvgIpc) is 2.88. The highest BCUT2D eigenvalue weighted by molar-refractivity contribution is 4.82. The van der Waals surface area contributed by atoms with Crippen molar-refractivity contribution in [2.45, 2.75) is 51.4 Å². The molecule has 2 rings (SSSR count). The quantitative estimate of drug-likeness (QED) is 0.820. The number of nitrogens with one attached hydrogen (secondary N) is 1. The van der Waals surface area contributed by atoms with Crippen molar-refractivity contribution in [1.29, 1.82) is 0 Å². The fourth-order valence-electron chi connectivity index (χ4n) is 2.16. The number of rotatable bonds is 5. The van der Waals surface area contributed by atoms with Crippen molar-refractivity contribution in [3.8, 4) is 0 Å². The SMILES string of the molecule is C[C@@H](CCn1cccn1)N[C@@H]1CCO[C@@H]1C. The van der Waals surface area contributed by atoms with Crippen LogP contribution in [0.5, 0.6) is 0 Å². The third-order valence-corrected chi connectivity index (χ3v) is 3.23. The standard InChI is InChI=1S/C12H21N3O/c1-10(4-8-15-7-3-6-13-15)14-12-5-9-16-11(12)2/h3,6-7,10-12,14H,4-5,8-9H2,1-2H3/t10-,11+,12+/m0/s1. The summed E-state index contributed by atoms with van der Waals surface area (Å²) in [5, 5.41) is 7.82. The second-order valence-electron chi connectivity index (χ2n) is 4.60. The van der Waals surface area contributed by atoms with Gasteiger partial charge in [-0.1, -0.05) is 0 Å². The number of hydrogen-bond donors (Lipinski definition) is 1. The van der Waals surface area contributed by atoms with Crippen molar-refractivity contribution in [2.75, 3.05) is 6.61 Å². The van der Waals surface area contributed by atoms with Crippen LogP contribution in [-0.2, 0) is 11.3 Å². The smallest absolute Gasteiger partial charge is 0.0700 e. The third-order valence-electron chi connectivity index (χ3n) is 3.23. The molecule has 1 aromatic heterocycles. The molecule has 4 heteroatoms. The van der Waals surface area contributed by atoms with Gasteiger partial charge in [0.1, 0.15) is 0 Å². The molecule has 0 aromatic carbocycles. The van der Waals surface area contributed by atoms with E-state index in [4.69, 9.17) is 4.74 Å². The second kappa shape index (κ2) is 5.46. The Bertz CT molecular complexity index is 299. The van der Waals surface area contributed by atoms with Crippen molar-refractivity contribution < 1.29 is 4.74 Å². The second-order valence-corrected chi connectivity index (χ2v) is 4.60. The molecular weight excluding hydrogens is 202 g/mol. The Labute approximate surface area is 97.0 Å². The maximum atomic E-state index is 5.54. The molecule has 0 amide bonds. The van der Waals surface area contributed by atoms with Gasteiger partial charge in [0.05, 0.1) is 6.10 Å². The summed E-state index contributed by atoms with van der Waals surface area (Å²) in [4.78, 5) is 0. The molecule has 1 aromatic rings. The van der Waals surface area contributed by atoms with Gasteiger partial charge in [0.25, 0.3) is 0 Å². The van der Waals surface area contributed by atoms with Gasteiger partial charge in [-0.2, -0.15) is 5.10 Å².